The molecule has 0 aliphatic heterocycles. The Hall–Kier alpha value is -2.14. The maximum Gasteiger partial charge on any atom is 0.253 e. The Morgan fingerprint density at radius 1 is 1.40 bits per heavy atom. The predicted molar refractivity (Wildman–Crippen MR) is 75.6 cm³/mol. The number of benzene rings is 1. The summed E-state index contributed by atoms with van der Waals surface area (Å²) in [6.07, 6.45) is 1.36. The van der Waals surface area contributed by atoms with E-state index in [2.05, 4.69) is 4.98 Å². The van der Waals surface area contributed by atoms with Gasteiger partial charge in [-0.1, -0.05) is 11.6 Å². The van der Waals surface area contributed by atoms with Gasteiger partial charge in [0.1, 0.15) is 5.75 Å². The molecule has 0 radical (unpaired) electrons. The molecule has 6 heteroatoms. The van der Waals surface area contributed by atoms with Crippen LogP contribution in [0.4, 0.5) is 0 Å². The summed E-state index contributed by atoms with van der Waals surface area (Å²) in [5.74, 6) is 0.277. The second kappa shape index (κ2) is 5.88. The van der Waals surface area contributed by atoms with Gasteiger partial charge in [0.25, 0.3) is 5.56 Å². The molecule has 5 nitrogen and oxygen atoms in total. The highest BCUT2D eigenvalue weighted by molar-refractivity contribution is 6.32. The molecular weight excluding hydrogens is 280 g/mol. The molecule has 0 saturated heterocycles. The molecule has 0 aliphatic carbocycles. The molecule has 0 saturated carbocycles. The average Bonchev–Trinajstić information content (AvgIpc) is 2.41. The number of halogens is 1. The van der Waals surface area contributed by atoms with Gasteiger partial charge in [-0.3, -0.25) is 14.2 Å². The Kier molecular flexibility index (Phi) is 4.20. The van der Waals surface area contributed by atoms with Gasteiger partial charge < -0.3 is 4.74 Å². The molecule has 1 heterocycles. The van der Waals surface area contributed by atoms with Crippen LogP contribution >= 0.6 is 11.6 Å². The lowest BCUT2D eigenvalue weighted by atomic mass is 10.1. The highest BCUT2D eigenvalue weighted by Crippen LogP contribution is 2.25. The zero-order chi connectivity index (χ0) is 14.7. The quantitative estimate of drug-likeness (QED) is 0.810. The molecule has 0 amide bonds. The molecule has 1 aromatic heterocycles. The number of aryl methyl sites for hydroxylation is 1. The molecule has 0 spiro atoms. The normalized spacial score (nSPS) is 10.3. The van der Waals surface area contributed by atoms with E-state index in [0.29, 0.717) is 22.0 Å². The first-order valence-corrected chi connectivity index (χ1v) is 6.29. The average molecular weight is 293 g/mol. The predicted octanol–water partition coefficient (Wildman–Crippen LogP) is 2.10. The van der Waals surface area contributed by atoms with E-state index >= 15 is 0 Å². The number of Topliss-reactive ketones (excluding diaryl/α,β-unsaturated/α-hetero) is 1. The Balaban J connectivity index is 2.24. The molecule has 0 aliphatic rings. The van der Waals surface area contributed by atoms with Gasteiger partial charge in [-0.05, 0) is 25.1 Å². The third-order valence-electron chi connectivity index (χ3n) is 2.80. The summed E-state index contributed by atoms with van der Waals surface area (Å²) < 4.78 is 6.28. The molecule has 2 aromatic rings. The van der Waals surface area contributed by atoms with Crippen molar-refractivity contribution in [3.8, 4) is 5.75 Å². The molecule has 20 heavy (non-hydrogen) atoms. The molecule has 0 N–H and O–H groups in total. The number of nitrogens with zero attached hydrogens (tertiary/aromatic N) is 2. The summed E-state index contributed by atoms with van der Waals surface area (Å²) >= 11 is 5.97. The lowest BCUT2D eigenvalue weighted by molar-refractivity contribution is 0.0970. The standard InChI is InChI=1S/C14H13ClN2O3/c1-9-5-14(19)17(8-16-9)7-12(18)10-3-4-13(20-2)11(15)6-10/h3-6,8H,7H2,1-2H3. The fraction of sp³-hybridized carbons (Fsp3) is 0.214. The summed E-state index contributed by atoms with van der Waals surface area (Å²) in [6.45, 7) is 1.64. The van der Waals surface area contributed by atoms with Crippen LogP contribution < -0.4 is 10.3 Å². The van der Waals surface area contributed by atoms with Crippen molar-refractivity contribution >= 4 is 17.4 Å². The maximum atomic E-state index is 12.1. The van der Waals surface area contributed by atoms with Crippen LogP contribution in [0.15, 0.2) is 35.4 Å². The molecule has 0 unspecified atom stereocenters. The van der Waals surface area contributed by atoms with Crippen LogP contribution in [-0.4, -0.2) is 22.4 Å². The Labute approximate surface area is 120 Å². The van der Waals surface area contributed by atoms with Crippen molar-refractivity contribution in [2.75, 3.05) is 7.11 Å². The molecule has 0 atom stereocenters. The summed E-state index contributed by atoms with van der Waals surface area (Å²) in [5.41, 5.74) is 0.778. The number of hydrogen-bond donors (Lipinski definition) is 0. The van der Waals surface area contributed by atoms with Crippen LogP contribution in [0.25, 0.3) is 0 Å². The summed E-state index contributed by atoms with van der Waals surface area (Å²) in [5, 5.41) is 0.354. The Morgan fingerprint density at radius 3 is 2.75 bits per heavy atom. The molecule has 0 fully saturated rings. The van der Waals surface area contributed by atoms with Crippen molar-refractivity contribution in [2.45, 2.75) is 13.5 Å². The molecule has 2 rings (SSSR count). The monoisotopic (exact) mass is 292 g/mol. The van der Waals surface area contributed by atoms with Gasteiger partial charge in [-0.2, -0.15) is 0 Å². The van der Waals surface area contributed by atoms with Crippen LogP contribution in [-0.2, 0) is 6.54 Å². The number of methoxy groups -OCH3 is 1. The first-order chi connectivity index (χ1) is 9.51. The summed E-state index contributed by atoms with van der Waals surface area (Å²) in [7, 11) is 1.50. The summed E-state index contributed by atoms with van der Waals surface area (Å²) in [6, 6.07) is 6.13. The van der Waals surface area contributed by atoms with Gasteiger partial charge in [0, 0.05) is 17.3 Å². The minimum atomic E-state index is -0.259. The Morgan fingerprint density at radius 2 is 2.15 bits per heavy atom. The van der Waals surface area contributed by atoms with E-state index in [0.717, 1.165) is 0 Å². The molecular formula is C14H13ClN2O3. The Bertz CT molecular complexity index is 710. The van der Waals surface area contributed by atoms with Crippen LogP contribution in [0.2, 0.25) is 5.02 Å². The minimum absolute atomic E-state index is 0.0746. The number of carbonyl (C=O) groups is 1. The second-order valence-electron chi connectivity index (χ2n) is 4.27. The van der Waals surface area contributed by atoms with Crippen LogP contribution in [0.3, 0.4) is 0 Å². The lowest BCUT2D eigenvalue weighted by Crippen LogP contribution is -2.24. The number of ketones is 1. The number of aromatic nitrogens is 2. The second-order valence-corrected chi connectivity index (χ2v) is 4.68. The lowest BCUT2D eigenvalue weighted by Gasteiger charge is -2.07. The molecule has 104 valence electrons. The third-order valence-corrected chi connectivity index (χ3v) is 3.10. The van der Waals surface area contributed by atoms with E-state index in [1.54, 1.807) is 19.1 Å². The van der Waals surface area contributed by atoms with Gasteiger partial charge in [0.2, 0.25) is 0 Å². The number of rotatable bonds is 4. The van der Waals surface area contributed by atoms with E-state index in [4.69, 9.17) is 16.3 Å². The van der Waals surface area contributed by atoms with Gasteiger partial charge in [-0.15, -0.1) is 0 Å². The van der Waals surface area contributed by atoms with Crippen molar-refractivity contribution in [3.63, 3.8) is 0 Å². The van der Waals surface area contributed by atoms with Crippen molar-refractivity contribution in [1.29, 1.82) is 0 Å². The fourth-order valence-corrected chi connectivity index (χ4v) is 1.98. The van der Waals surface area contributed by atoms with Gasteiger partial charge >= 0.3 is 0 Å². The fourth-order valence-electron chi connectivity index (χ4n) is 1.72. The van der Waals surface area contributed by atoms with E-state index in [-0.39, 0.29) is 17.9 Å². The highest BCUT2D eigenvalue weighted by Gasteiger charge is 2.11. The number of ether oxygens (including phenoxy) is 1. The van der Waals surface area contributed by atoms with Gasteiger partial charge in [0.15, 0.2) is 5.78 Å². The first-order valence-electron chi connectivity index (χ1n) is 5.91. The third kappa shape index (κ3) is 3.05. The zero-order valence-corrected chi connectivity index (χ0v) is 11.8. The topological polar surface area (TPSA) is 61.2 Å². The number of carbonyl (C=O) groups excluding carboxylic acids is 1. The van der Waals surface area contributed by atoms with E-state index in [1.807, 2.05) is 0 Å². The maximum absolute atomic E-state index is 12.1. The van der Waals surface area contributed by atoms with Crippen LogP contribution in [0, 0.1) is 6.92 Å². The first kappa shape index (κ1) is 14.3. The smallest absolute Gasteiger partial charge is 0.253 e. The minimum Gasteiger partial charge on any atom is -0.495 e. The molecule has 1 aromatic carbocycles. The van der Waals surface area contributed by atoms with Gasteiger partial charge in [0.05, 0.1) is 25.0 Å². The van der Waals surface area contributed by atoms with Crippen molar-refractivity contribution in [1.82, 2.24) is 9.55 Å². The zero-order valence-electron chi connectivity index (χ0n) is 11.1. The van der Waals surface area contributed by atoms with E-state index in [9.17, 15) is 9.59 Å². The van der Waals surface area contributed by atoms with Crippen LogP contribution in [0.5, 0.6) is 5.75 Å². The SMILES string of the molecule is COc1ccc(C(=O)Cn2cnc(C)cc2=O)cc1Cl. The largest absolute Gasteiger partial charge is 0.495 e. The van der Waals surface area contributed by atoms with Crippen molar-refractivity contribution in [2.24, 2.45) is 0 Å². The van der Waals surface area contributed by atoms with Crippen molar-refractivity contribution < 1.29 is 9.53 Å². The summed E-state index contributed by atoms with van der Waals surface area (Å²) in [4.78, 5) is 27.8. The van der Waals surface area contributed by atoms with E-state index < -0.39 is 0 Å². The number of hydrogen-bond acceptors (Lipinski definition) is 4. The van der Waals surface area contributed by atoms with E-state index in [1.165, 1.54) is 30.1 Å². The highest BCUT2D eigenvalue weighted by atomic mass is 35.5. The van der Waals surface area contributed by atoms with Crippen LogP contribution in [0.1, 0.15) is 16.1 Å². The molecule has 0 bridgehead atoms. The van der Waals surface area contributed by atoms with Crippen molar-refractivity contribution in [3.05, 3.63) is 57.2 Å². The van der Waals surface area contributed by atoms with Gasteiger partial charge in [-0.25, -0.2) is 4.98 Å².